The number of aromatic hydroxyl groups is 2. The maximum absolute atomic E-state index is 9.64. The molecule has 0 amide bonds. The smallest absolute Gasteiger partial charge is 0.124 e. The van der Waals surface area contributed by atoms with Gasteiger partial charge in [0.05, 0.1) is 0 Å². The minimum absolute atomic E-state index is 0.113. The van der Waals surface area contributed by atoms with Crippen molar-refractivity contribution in [2.45, 2.75) is 25.3 Å². The van der Waals surface area contributed by atoms with E-state index in [9.17, 15) is 5.11 Å². The van der Waals surface area contributed by atoms with Crippen molar-refractivity contribution in [3.8, 4) is 11.5 Å². The average Bonchev–Trinajstić information content (AvgIpc) is 2.19. The van der Waals surface area contributed by atoms with Crippen molar-refractivity contribution in [3.63, 3.8) is 0 Å². The highest BCUT2D eigenvalue weighted by Crippen LogP contribution is 2.31. The number of phenolic OH excluding ortho intramolecular Hbond substituents is 2. The lowest BCUT2D eigenvalue weighted by Crippen LogP contribution is -2.26. The van der Waals surface area contributed by atoms with Crippen molar-refractivity contribution in [1.29, 1.82) is 0 Å². The zero-order valence-corrected chi connectivity index (χ0v) is 8.03. The number of rotatable bonds is 1. The molecule has 3 nitrogen and oxygen atoms in total. The van der Waals surface area contributed by atoms with E-state index in [0.29, 0.717) is 0 Å². The minimum atomic E-state index is 0.113. The van der Waals surface area contributed by atoms with Gasteiger partial charge >= 0.3 is 0 Å². The Morgan fingerprint density at radius 3 is 2.71 bits per heavy atom. The van der Waals surface area contributed by atoms with Gasteiger partial charge in [-0.15, -0.1) is 0 Å². The molecule has 0 aromatic heterocycles. The molecule has 3 N–H and O–H groups in total. The Hall–Kier alpha value is -1.22. The van der Waals surface area contributed by atoms with Gasteiger partial charge in [0.15, 0.2) is 0 Å². The molecule has 1 aromatic carbocycles. The summed E-state index contributed by atoms with van der Waals surface area (Å²) in [6.07, 6.45) is 3.45. The molecule has 0 saturated carbocycles. The van der Waals surface area contributed by atoms with Crippen LogP contribution in [0.5, 0.6) is 11.5 Å². The number of piperidine rings is 1. The van der Waals surface area contributed by atoms with E-state index in [1.807, 2.05) is 0 Å². The molecule has 3 heteroatoms. The lowest BCUT2D eigenvalue weighted by molar-refractivity contribution is 0.388. The van der Waals surface area contributed by atoms with E-state index in [1.54, 1.807) is 12.1 Å². The Morgan fingerprint density at radius 2 is 2.07 bits per heavy atom. The van der Waals surface area contributed by atoms with Crippen LogP contribution in [0.25, 0.3) is 0 Å². The first-order chi connectivity index (χ1) is 6.77. The molecule has 0 bridgehead atoms. The van der Waals surface area contributed by atoms with Gasteiger partial charge in [-0.25, -0.2) is 0 Å². The Balaban J connectivity index is 2.22. The van der Waals surface area contributed by atoms with Crippen LogP contribution in [-0.2, 0) is 0 Å². The van der Waals surface area contributed by atoms with Gasteiger partial charge in [0.1, 0.15) is 11.5 Å². The van der Waals surface area contributed by atoms with Crippen molar-refractivity contribution >= 4 is 0 Å². The predicted octanol–water partition coefficient (Wildman–Crippen LogP) is 1.91. The van der Waals surface area contributed by atoms with Gasteiger partial charge in [-0.1, -0.05) is 12.5 Å². The van der Waals surface area contributed by atoms with E-state index >= 15 is 0 Å². The Kier molecular flexibility index (Phi) is 2.59. The van der Waals surface area contributed by atoms with Gasteiger partial charge in [0.25, 0.3) is 0 Å². The number of phenols is 2. The number of benzene rings is 1. The molecule has 1 atom stereocenters. The van der Waals surface area contributed by atoms with Crippen molar-refractivity contribution in [2.75, 3.05) is 6.54 Å². The molecule has 2 rings (SSSR count). The van der Waals surface area contributed by atoms with E-state index in [1.165, 1.54) is 18.9 Å². The molecular formula is C11H15NO2. The molecule has 1 aliphatic heterocycles. The SMILES string of the molecule is Oc1ccc([C@@H]2CCCCN2)c(O)c1. The first-order valence-electron chi connectivity index (χ1n) is 5.02. The van der Waals surface area contributed by atoms with Crippen molar-refractivity contribution in [1.82, 2.24) is 5.32 Å². The summed E-state index contributed by atoms with van der Waals surface area (Å²) in [5.74, 6) is 0.298. The van der Waals surface area contributed by atoms with Crippen molar-refractivity contribution < 1.29 is 10.2 Å². The third-order valence-electron chi connectivity index (χ3n) is 2.70. The van der Waals surface area contributed by atoms with E-state index in [0.717, 1.165) is 18.5 Å². The maximum atomic E-state index is 9.64. The zero-order valence-electron chi connectivity index (χ0n) is 8.03. The van der Waals surface area contributed by atoms with Crippen LogP contribution in [-0.4, -0.2) is 16.8 Å². The van der Waals surface area contributed by atoms with Gasteiger partial charge in [-0.3, -0.25) is 0 Å². The summed E-state index contributed by atoms with van der Waals surface area (Å²) in [7, 11) is 0. The number of hydrogen-bond acceptors (Lipinski definition) is 3. The Labute approximate surface area is 83.4 Å². The molecule has 0 unspecified atom stereocenters. The average molecular weight is 193 g/mol. The highest BCUT2D eigenvalue weighted by molar-refractivity contribution is 5.40. The second-order valence-electron chi connectivity index (χ2n) is 3.75. The highest BCUT2D eigenvalue weighted by atomic mass is 16.3. The topological polar surface area (TPSA) is 52.5 Å². The van der Waals surface area contributed by atoms with Crippen LogP contribution in [0, 0.1) is 0 Å². The lowest BCUT2D eigenvalue weighted by atomic mass is 9.97. The van der Waals surface area contributed by atoms with Crippen LogP contribution >= 0.6 is 0 Å². The third-order valence-corrected chi connectivity index (χ3v) is 2.70. The van der Waals surface area contributed by atoms with Crippen molar-refractivity contribution in [3.05, 3.63) is 23.8 Å². The summed E-state index contributed by atoms with van der Waals surface area (Å²) in [6, 6.07) is 5.04. The fourth-order valence-electron chi connectivity index (χ4n) is 1.94. The zero-order chi connectivity index (χ0) is 9.97. The van der Waals surface area contributed by atoms with Crippen LogP contribution in [0.2, 0.25) is 0 Å². The van der Waals surface area contributed by atoms with E-state index in [-0.39, 0.29) is 17.5 Å². The van der Waals surface area contributed by atoms with Crippen LogP contribution in [0.15, 0.2) is 18.2 Å². The Morgan fingerprint density at radius 1 is 1.21 bits per heavy atom. The summed E-state index contributed by atoms with van der Waals surface area (Å²) in [5.41, 5.74) is 0.891. The molecular weight excluding hydrogens is 178 g/mol. The fourth-order valence-corrected chi connectivity index (χ4v) is 1.94. The van der Waals surface area contributed by atoms with Crippen LogP contribution in [0.1, 0.15) is 30.9 Å². The lowest BCUT2D eigenvalue weighted by Gasteiger charge is -2.24. The summed E-state index contributed by atoms with van der Waals surface area (Å²) < 4.78 is 0. The molecule has 1 aromatic rings. The molecule has 0 radical (unpaired) electrons. The molecule has 0 aliphatic carbocycles. The van der Waals surface area contributed by atoms with E-state index in [2.05, 4.69) is 5.32 Å². The molecule has 14 heavy (non-hydrogen) atoms. The van der Waals surface area contributed by atoms with Crippen LogP contribution in [0.3, 0.4) is 0 Å². The summed E-state index contributed by atoms with van der Waals surface area (Å²) in [4.78, 5) is 0. The molecule has 1 heterocycles. The quantitative estimate of drug-likeness (QED) is 0.638. The predicted molar refractivity (Wildman–Crippen MR) is 54.4 cm³/mol. The number of nitrogens with one attached hydrogen (secondary N) is 1. The molecule has 1 saturated heterocycles. The van der Waals surface area contributed by atoms with Crippen molar-refractivity contribution in [2.24, 2.45) is 0 Å². The minimum Gasteiger partial charge on any atom is -0.508 e. The first-order valence-corrected chi connectivity index (χ1v) is 5.02. The standard InChI is InChI=1S/C11H15NO2/c13-8-4-5-9(11(14)7-8)10-3-1-2-6-12-10/h4-5,7,10,12-14H,1-3,6H2/t10-/m0/s1. The summed E-state index contributed by atoms with van der Waals surface area (Å²) in [5, 5.41) is 22.2. The van der Waals surface area contributed by atoms with Gasteiger partial charge in [0, 0.05) is 17.7 Å². The van der Waals surface area contributed by atoms with Gasteiger partial charge < -0.3 is 15.5 Å². The van der Waals surface area contributed by atoms with E-state index in [4.69, 9.17) is 5.11 Å². The second kappa shape index (κ2) is 3.88. The normalized spacial score (nSPS) is 22.1. The third kappa shape index (κ3) is 1.82. The van der Waals surface area contributed by atoms with Crippen LogP contribution in [0.4, 0.5) is 0 Å². The van der Waals surface area contributed by atoms with Gasteiger partial charge in [-0.05, 0) is 25.5 Å². The summed E-state index contributed by atoms with van der Waals surface area (Å²) in [6.45, 7) is 1.00. The second-order valence-corrected chi connectivity index (χ2v) is 3.75. The first kappa shape index (κ1) is 9.34. The largest absolute Gasteiger partial charge is 0.508 e. The molecule has 1 aliphatic rings. The van der Waals surface area contributed by atoms with Gasteiger partial charge in [-0.2, -0.15) is 0 Å². The number of hydrogen-bond donors (Lipinski definition) is 3. The van der Waals surface area contributed by atoms with Crippen LogP contribution < -0.4 is 5.32 Å². The fraction of sp³-hybridized carbons (Fsp3) is 0.455. The van der Waals surface area contributed by atoms with E-state index < -0.39 is 0 Å². The molecule has 0 spiro atoms. The highest BCUT2D eigenvalue weighted by Gasteiger charge is 2.17. The molecule has 76 valence electrons. The molecule has 1 fully saturated rings. The maximum Gasteiger partial charge on any atom is 0.124 e. The monoisotopic (exact) mass is 193 g/mol. The summed E-state index contributed by atoms with van der Waals surface area (Å²) >= 11 is 0. The van der Waals surface area contributed by atoms with Gasteiger partial charge in [0.2, 0.25) is 0 Å². The Bertz CT molecular complexity index is 319.